The number of aromatic nitrogens is 2. The van der Waals surface area contributed by atoms with E-state index in [-0.39, 0.29) is 0 Å². The van der Waals surface area contributed by atoms with Crippen molar-refractivity contribution in [3.63, 3.8) is 0 Å². The molecule has 1 aliphatic rings. The van der Waals surface area contributed by atoms with Gasteiger partial charge in [-0.3, -0.25) is 4.68 Å². The topological polar surface area (TPSA) is 47.1 Å². The molecule has 0 saturated carbocycles. The first-order chi connectivity index (χ1) is 6.74. The molecule has 0 aliphatic carbocycles. The molecule has 1 saturated heterocycles. The molecule has 0 amide bonds. The van der Waals surface area contributed by atoms with Crippen LogP contribution in [0.15, 0.2) is 0 Å². The van der Waals surface area contributed by atoms with Crippen LogP contribution in [-0.2, 0) is 13.6 Å². The molecule has 2 rings (SSSR count). The molecule has 1 aromatic heterocycles. The van der Waals surface area contributed by atoms with E-state index in [0.29, 0.717) is 6.54 Å². The second-order valence-electron chi connectivity index (χ2n) is 3.91. The third-order valence-electron chi connectivity index (χ3n) is 2.92. The highest BCUT2D eigenvalue weighted by Crippen LogP contribution is 2.25. The van der Waals surface area contributed by atoms with Crippen molar-refractivity contribution in [1.29, 1.82) is 0 Å². The maximum atomic E-state index is 5.75. The normalized spacial score (nSPS) is 16.6. The van der Waals surface area contributed by atoms with Crippen molar-refractivity contribution in [2.75, 3.05) is 18.0 Å². The molecule has 1 aliphatic heterocycles. The van der Waals surface area contributed by atoms with Crippen molar-refractivity contribution in [3.8, 4) is 0 Å². The van der Waals surface area contributed by atoms with Crippen molar-refractivity contribution < 1.29 is 0 Å². The van der Waals surface area contributed by atoms with Gasteiger partial charge in [-0.2, -0.15) is 5.10 Å². The van der Waals surface area contributed by atoms with Crippen LogP contribution in [0.3, 0.4) is 0 Å². The first-order valence-electron chi connectivity index (χ1n) is 5.21. The minimum atomic E-state index is 0.589. The lowest BCUT2D eigenvalue weighted by Crippen LogP contribution is -2.22. The number of aryl methyl sites for hydroxylation is 2. The fraction of sp³-hybridized carbons (Fsp3) is 0.700. The van der Waals surface area contributed by atoms with E-state index < -0.39 is 0 Å². The Hall–Kier alpha value is -1.03. The lowest BCUT2D eigenvalue weighted by Gasteiger charge is -2.19. The highest BCUT2D eigenvalue weighted by Gasteiger charge is 2.20. The third-order valence-corrected chi connectivity index (χ3v) is 2.92. The van der Waals surface area contributed by atoms with Gasteiger partial charge in [0.2, 0.25) is 0 Å². The lowest BCUT2D eigenvalue weighted by molar-refractivity contribution is 0.730. The Kier molecular flexibility index (Phi) is 2.46. The molecule has 0 bridgehead atoms. The van der Waals surface area contributed by atoms with Crippen LogP contribution in [0.25, 0.3) is 0 Å². The molecule has 4 heteroatoms. The van der Waals surface area contributed by atoms with Gasteiger partial charge in [-0.05, 0) is 19.8 Å². The zero-order valence-electron chi connectivity index (χ0n) is 8.95. The largest absolute Gasteiger partial charge is 0.357 e. The van der Waals surface area contributed by atoms with Gasteiger partial charge in [-0.1, -0.05) is 0 Å². The lowest BCUT2D eigenvalue weighted by atomic mass is 10.2. The second kappa shape index (κ2) is 3.61. The number of nitrogens with two attached hydrogens (primary N) is 1. The van der Waals surface area contributed by atoms with E-state index >= 15 is 0 Å². The van der Waals surface area contributed by atoms with Gasteiger partial charge in [0, 0.05) is 32.2 Å². The van der Waals surface area contributed by atoms with Gasteiger partial charge in [0.15, 0.2) is 0 Å². The second-order valence-corrected chi connectivity index (χ2v) is 3.91. The summed E-state index contributed by atoms with van der Waals surface area (Å²) >= 11 is 0. The average molecular weight is 194 g/mol. The summed E-state index contributed by atoms with van der Waals surface area (Å²) in [7, 11) is 2.00. The highest BCUT2D eigenvalue weighted by atomic mass is 15.4. The van der Waals surface area contributed by atoms with Gasteiger partial charge < -0.3 is 10.6 Å². The van der Waals surface area contributed by atoms with Gasteiger partial charge in [0.1, 0.15) is 5.82 Å². The van der Waals surface area contributed by atoms with Crippen molar-refractivity contribution in [2.45, 2.75) is 26.3 Å². The number of nitrogens with zero attached hydrogens (tertiary/aromatic N) is 3. The summed E-state index contributed by atoms with van der Waals surface area (Å²) in [4.78, 5) is 2.39. The Morgan fingerprint density at radius 1 is 1.36 bits per heavy atom. The van der Waals surface area contributed by atoms with E-state index in [9.17, 15) is 0 Å². The molecule has 4 nitrogen and oxygen atoms in total. The molecule has 0 radical (unpaired) electrons. The van der Waals surface area contributed by atoms with Gasteiger partial charge in [0.25, 0.3) is 0 Å². The Balaban J connectivity index is 2.38. The zero-order valence-corrected chi connectivity index (χ0v) is 8.95. The first kappa shape index (κ1) is 9.52. The van der Waals surface area contributed by atoms with E-state index in [1.807, 2.05) is 18.7 Å². The predicted molar refractivity (Wildman–Crippen MR) is 57.3 cm³/mol. The average Bonchev–Trinajstić information content (AvgIpc) is 2.72. The summed E-state index contributed by atoms with van der Waals surface area (Å²) in [5.41, 5.74) is 8.02. The predicted octanol–water partition coefficient (Wildman–Crippen LogP) is 0.787. The molecule has 0 unspecified atom stereocenters. The maximum Gasteiger partial charge on any atom is 0.131 e. The van der Waals surface area contributed by atoms with Crippen molar-refractivity contribution in [3.05, 3.63) is 11.3 Å². The monoisotopic (exact) mass is 194 g/mol. The Bertz CT molecular complexity index is 323. The number of hydrogen-bond donors (Lipinski definition) is 1. The Morgan fingerprint density at radius 2 is 2.00 bits per heavy atom. The summed E-state index contributed by atoms with van der Waals surface area (Å²) in [5, 5.41) is 4.42. The molecular weight excluding hydrogens is 176 g/mol. The molecule has 2 heterocycles. The Labute approximate surface area is 84.7 Å². The maximum absolute atomic E-state index is 5.75. The van der Waals surface area contributed by atoms with Crippen LogP contribution in [0, 0.1) is 6.92 Å². The van der Waals surface area contributed by atoms with Crippen molar-refractivity contribution >= 4 is 5.82 Å². The molecule has 0 atom stereocenters. The molecule has 2 N–H and O–H groups in total. The molecule has 0 spiro atoms. The van der Waals surface area contributed by atoms with Crippen LogP contribution < -0.4 is 10.6 Å². The molecule has 1 aromatic rings. The van der Waals surface area contributed by atoms with Crippen molar-refractivity contribution in [2.24, 2.45) is 12.8 Å². The summed E-state index contributed by atoms with van der Waals surface area (Å²) in [5.74, 6) is 1.22. The van der Waals surface area contributed by atoms with Crippen LogP contribution in [0.4, 0.5) is 5.82 Å². The molecule has 0 aromatic carbocycles. The SMILES string of the molecule is Cc1nn(C)c(N2CCCC2)c1CN. The summed E-state index contributed by atoms with van der Waals surface area (Å²) < 4.78 is 1.96. The van der Waals surface area contributed by atoms with Crippen LogP contribution >= 0.6 is 0 Å². The fourth-order valence-corrected chi connectivity index (χ4v) is 2.25. The quantitative estimate of drug-likeness (QED) is 0.757. The number of hydrogen-bond acceptors (Lipinski definition) is 3. The minimum Gasteiger partial charge on any atom is -0.357 e. The smallest absolute Gasteiger partial charge is 0.131 e. The first-order valence-corrected chi connectivity index (χ1v) is 5.21. The van der Waals surface area contributed by atoms with Crippen molar-refractivity contribution in [1.82, 2.24) is 9.78 Å². The Morgan fingerprint density at radius 3 is 2.57 bits per heavy atom. The summed E-state index contributed by atoms with van der Waals surface area (Å²) in [6, 6.07) is 0. The van der Waals surface area contributed by atoms with Crippen LogP contribution in [0.5, 0.6) is 0 Å². The van der Waals surface area contributed by atoms with Crippen LogP contribution in [0.2, 0.25) is 0 Å². The standard InChI is InChI=1S/C10H18N4/c1-8-9(7-11)10(13(2)12-8)14-5-3-4-6-14/h3-7,11H2,1-2H3. The highest BCUT2D eigenvalue weighted by molar-refractivity contribution is 5.50. The van der Waals surface area contributed by atoms with E-state index in [1.54, 1.807) is 0 Å². The number of anilines is 1. The summed E-state index contributed by atoms with van der Waals surface area (Å²) in [6.07, 6.45) is 2.57. The number of rotatable bonds is 2. The van der Waals surface area contributed by atoms with E-state index in [1.165, 1.54) is 24.2 Å². The summed E-state index contributed by atoms with van der Waals surface area (Å²) in [6.45, 7) is 4.91. The van der Waals surface area contributed by atoms with Gasteiger partial charge in [0.05, 0.1) is 5.69 Å². The molecule has 78 valence electrons. The van der Waals surface area contributed by atoms with E-state index in [0.717, 1.165) is 18.8 Å². The van der Waals surface area contributed by atoms with Gasteiger partial charge in [-0.15, -0.1) is 0 Å². The van der Waals surface area contributed by atoms with Crippen LogP contribution in [-0.4, -0.2) is 22.9 Å². The van der Waals surface area contributed by atoms with E-state index in [4.69, 9.17) is 5.73 Å². The zero-order chi connectivity index (χ0) is 10.1. The third kappa shape index (κ3) is 1.39. The molecule has 14 heavy (non-hydrogen) atoms. The fourth-order valence-electron chi connectivity index (χ4n) is 2.25. The van der Waals surface area contributed by atoms with E-state index in [2.05, 4.69) is 10.00 Å². The molecular formula is C10H18N4. The van der Waals surface area contributed by atoms with Gasteiger partial charge in [-0.25, -0.2) is 0 Å². The van der Waals surface area contributed by atoms with Crippen LogP contribution in [0.1, 0.15) is 24.1 Å². The van der Waals surface area contributed by atoms with Gasteiger partial charge >= 0.3 is 0 Å². The molecule has 1 fully saturated rings. The minimum absolute atomic E-state index is 0.589.